The molecule has 0 aliphatic carbocycles. The average molecular weight is 292 g/mol. The molecule has 0 atom stereocenters. The van der Waals surface area contributed by atoms with Crippen LogP contribution in [0, 0.1) is 0 Å². The van der Waals surface area contributed by atoms with Crippen molar-refractivity contribution >= 4 is 17.8 Å². The lowest BCUT2D eigenvalue weighted by molar-refractivity contribution is 0.311. The minimum absolute atomic E-state index is 0.646. The maximum absolute atomic E-state index is 4.70. The van der Waals surface area contributed by atoms with Gasteiger partial charge in [-0.15, -0.1) is 0 Å². The first kappa shape index (κ1) is 14.3. The van der Waals surface area contributed by atoms with Crippen LogP contribution in [0.25, 0.3) is 0 Å². The molecule has 0 spiro atoms. The van der Waals surface area contributed by atoms with E-state index in [0.29, 0.717) is 5.95 Å². The normalized spacial score (nSPS) is 20.7. The summed E-state index contributed by atoms with van der Waals surface area (Å²) >= 11 is 0. The number of anilines is 3. The molecule has 2 aliphatic heterocycles. The summed E-state index contributed by atoms with van der Waals surface area (Å²) in [7, 11) is 4.00. The number of rotatable bonds is 3. The van der Waals surface area contributed by atoms with E-state index < -0.39 is 0 Å². The zero-order chi connectivity index (χ0) is 14.7. The predicted octanol–water partition coefficient (Wildman–Crippen LogP) is -0.925. The second kappa shape index (κ2) is 6.40. The molecule has 3 rings (SSSR count). The summed E-state index contributed by atoms with van der Waals surface area (Å²) in [5, 5.41) is 6.40. The Morgan fingerprint density at radius 1 is 0.857 bits per heavy atom. The quantitative estimate of drug-likeness (QED) is 0.741. The van der Waals surface area contributed by atoms with Gasteiger partial charge in [0.25, 0.3) is 0 Å². The van der Waals surface area contributed by atoms with E-state index in [0.717, 1.165) is 64.3 Å². The topological polar surface area (TPSA) is 72.5 Å². The van der Waals surface area contributed by atoms with E-state index in [9.17, 15) is 0 Å². The maximum atomic E-state index is 4.70. The molecule has 2 N–H and O–H groups in total. The van der Waals surface area contributed by atoms with Gasteiger partial charge >= 0.3 is 0 Å². The third-order valence-electron chi connectivity index (χ3n) is 4.02. The monoisotopic (exact) mass is 292 g/mol. The van der Waals surface area contributed by atoms with Gasteiger partial charge in [-0.25, -0.2) is 0 Å². The molecule has 1 aromatic rings. The molecule has 1 aromatic heterocycles. The van der Waals surface area contributed by atoms with Crippen LogP contribution in [0.5, 0.6) is 0 Å². The molecule has 0 bridgehead atoms. The van der Waals surface area contributed by atoms with Gasteiger partial charge in [0.15, 0.2) is 0 Å². The molecule has 0 radical (unpaired) electrons. The highest BCUT2D eigenvalue weighted by atomic mass is 15.4. The second-order valence-electron chi connectivity index (χ2n) is 5.54. The maximum Gasteiger partial charge on any atom is 0.232 e. The standard InChI is InChI=1S/C13H24N8/c1-14-11-16-12(20-5-3-15-4-6-20)18-13(17-11)21-9-7-19(2)8-10-21/h15H,3-10H2,1-2H3,(H,14,16,17,18). The lowest BCUT2D eigenvalue weighted by Gasteiger charge is -2.33. The highest BCUT2D eigenvalue weighted by molar-refractivity contribution is 5.45. The molecular weight excluding hydrogens is 268 g/mol. The SMILES string of the molecule is CNc1nc(N2CCNCC2)nc(N2CCN(C)CC2)n1. The number of hydrogen-bond acceptors (Lipinski definition) is 8. The van der Waals surface area contributed by atoms with Crippen LogP contribution >= 0.6 is 0 Å². The average Bonchev–Trinajstić information content (AvgIpc) is 2.56. The van der Waals surface area contributed by atoms with E-state index >= 15 is 0 Å². The third kappa shape index (κ3) is 3.33. The summed E-state index contributed by atoms with van der Waals surface area (Å²) in [6.45, 7) is 7.85. The molecule has 2 aliphatic rings. The Labute approximate surface area is 125 Å². The number of likely N-dealkylation sites (N-methyl/N-ethyl adjacent to an activating group) is 1. The van der Waals surface area contributed by atoms with Crippen LogP contribution in [0.1, 0.15) is 0 Å². The van der Waals surface area contributed by atoms with Crippen molar-refractivity contribution in [2.24, 2.45) is 0 Å². The van der Waals surface area contributed by atoms with Gasteiger partial charge in [-0.05, 0) is 7.05 Å². The summed E-state index contributed by atoms with van der Waals surface area (Å²) in [5.41, 5.74) is 0. The lowest BCUT2D eigenvalue weighted by Crippen LogP contribution is -2.46. The van der Waals surface area contributed by atoms with Gasteiger partial charge in [-0.3, -0.25) is 0 Å². The molecule has 0 saturated carbocycles. The van der Waals surface area contributed by atoms with E-state index in [1.165, 1.54) is 0 Å². The van der Waals surface area contributed by atoms with E-state index in [4.69, 9.17) is 4.98 Å². The Hall–Kier alpha value is -1.67. The summed E-state index contributed by atoms with van der Waals surface area (Å²) in [6, 6.07) is 0. The molecule has 8 nitrogen and oxygen atoms in total. The van der Waals surface area contributed by atoms with Crippen LogP contribution in [0.15, 0.2) is 0 Å². The van der Waals surface area contributed by atoms with Crippen LogP contribution in [0.3, 0.4) is 0 Å². The Balaban J connectivity index is 1.82. The van der Waals surface area contributed by atoms with Gasteiger partial charge in [0.2, 0.25) is 17.8 Å². The van der Waals surface area contributed by atoms with Crippen molar-refractivity contribution in [1.29, 1.82) is 0 Å². The van der Waals surface area contributed by atoms with E-state index in [1.54, 1.807) is 0 Å². The van der Waals surface area contributed by atoms with Crippen molar-refractivity contribution in [2.75, 3.05) is 81.6 Å². The molecule has 116 valence electrons. The molecule has 3 heterocycles. The fourth-order valence-electron chi connectivity index (χ4n) is 2.62. The minimum atomic E-state index is 0.646. The van der Waals surface area contributed by atoms with Crippen LogP contribution < -0.4 is 20.4 Å². The molecule has 0 unspecified atom stereocenters. The predicted molar refractivity (Wildman–Crippen MR) is 84.2 cm³/mol. The second-order valence-corrected chi connectivity index (χ2v) is 5.54. The number of nitrogens with zero attached hydrogens (tertiary/aromatic N) is 6. The largest absolute Gasteiger partial charge is 0.357 e. The summed E-state index contributed by atoms with van der Waals surface area (Å²) in [4.78, 5) is 20.5. The first-order valence-corrected chi connectivity index (χ1v) is 7.59. The number of hydrogen-bond donors (Lipinski definition) is 2. The summed E-state index contributed by atoms with van der Waals surface area (Å²) in [6.07, 6.45) is 0. The molecule has 21 heavy (non-hydrogen) atoms. The molecule has 2 fully saturated rings. The van der Waals surface area contributed by atoms with Crippen molar-refractivity contribution in [3.63, 3.8) is 0 Å². The third-order valence-corrected chi connectivity index (χ3v) is 4.02. The van der Waals surface area contributed by atoms with Crippen LogP contribution in [-0.2, 0) is 0 Å². The molecule has 8 heteroatoms. The van der Waals surface area contributed by atoms with E-state index in [1.807, 2.05) is 7.05 Å². The fourth-order valence-corrected chi connectivity index (χ4v) is 2.62. The Bertz CT molecular complexity index is 465. The van der Waals surface area contributed by atoms with Gasteiger partial charge in [0.05, 0.1) is 0 Å². The van der Waals surface area contributed by atoms with Gasteiger partial charge < -0.3 is 25.3 Å². The minimum Gasteiger partial charge on any atom is -0.357 e. The van der Waals surface area contributed by atoms with Gasteiger partial charge in [0.1, 0.15) is 0 Å². The number of piperazine rings is 2. The first-order valence-electron chi connectivity index (χ1n) is 7.59. The molecule has 2 saturated heterocycles. The Morgan fingerprint density at radius 3 is 2.00 bits per heavy atom. The number of aromatic nitrogens is 3. The van der Waals surface area contributed by atoms with Gasteiger partial charge in [-0.2, -0.15) is 15.0 Å². The Kier molecular flexibility index (Phi) is 4.35. The molecule has 0 amide bonds. The van der Waals surface area contributed by atoms with E-state index in [2.05, 4.69) is 42.3 Å². The van der Waals surface area contributed by atoms with Crippen molar-refractivity contribution in [2.45, 2.75) is 0 Å². The smallest absolute Gasteiger partial charge is 0.232 e. The summed E-state index contributed by atoms with van der Waals surface area (Å²) in [5.74, 6) is 2.22. The van der Waals surface area contributed by atoms with Crippen molar-refractivity contribution in [1.82, 2.24) is 25.2 Å². The van der Waals surface area contributed by atoms with Crippen molar-refractivity contribution in [3.8, 4) is 0 Å². The molecular formula is C13H24N8. The van der Waals surface area contributed by atoms with Crippen molar-refractivity contribution < 1.29 is 0 Å². The zero-order valence-electron chi connectivity index (χ0n) is 12.8. The van der Waals surface area contributed by atoms with Gasteiger partial charge in [-0.1, -0.05) is 0 Å². The van der Waals surface area contributed by atoms with Crippen LogP contribution in [0.2, 0.25) is 0 Å². The lowest BCUT2D eigenvalue weighted by atomic mass is 10.3. The van der Waals surface area contributed by atoms with Crippen molar-refractivity contribution in [3.05, 3.63) is 0 Å². The van der Waals surface area contributed by atoms with Gasteiger partial charge in [0, 0.05) is 59.4 Å². The first-order chi connectivity index (χ1) is 10.3. The van der Waals surface area contributed by atoms with Crippen LogP contribution in [0.4, 0.5) is 17.8 Å². The fraction of sp³-hybridized carbons (Fsp3) is 0.769. The highest BCUT2D eigenvalue weighted by Crippen LogP contribution is 2.18. The molecule has 0 aromatic carbocycles. The van der Waals surface area contributed by atoms with E-state index in [-0.39, 0.29) is 0 Å². The Morgan fingerprint density at radius 2 is 1.43 bits per heavy atom. The summed E-state index contributed by atoms with van der Waals surface area (Å²) < 4.78 is 0. The zero-order valence-corrected chi connectivity index (χ0v) is 12.8. The number of nitrogens with one attached hydrogen (secondary N) is 2. The highest BCUT2D eigenvalue weighted by Gasteiger charge is 2.20. The van der Waals surface area contributed by atoms with Crippen LogP contribution in [-0.4, -0.2) is 86.3 Å².